The van der Waals surface area contributed by atoms with E-state index in [1.54, 1.807) is 30.3 Å². The Morgan fingerprint density at radius 3 is 2.69 bits per heavy atom. The molecule has 32 heavy (non-hydrogen) atoms. The van der Waals surface area contributed by atoms with E-state index in [2.05, 4.69) is 20.2 Å². The second kappa shape index (κ2) is 8.13. The Balaban J connectivity index is 1.39. The van der Waals surface area contributed by atoms with Crippen molar-refractivity contribution in [2.45, 2.75) is 4.90 Å². The predicted molar refractivity (Wildman–Crippen MR) is 127 cm³/mol. The molecular weight excluding hydrogens is 470 g/mol. The van der Waals surface area contributed by atoms with Crippen LogP contribution in [0.15, 0.2) is 47.4 Å². The summed E-state index contributed by atoms with van der Waals surface area (Å²) in [7, 11) is -1.59. The molecule has 166 valence electrons. The summed E-state index contributed by atoms with van der Waals surface area (Å²) in [6, 6.07) is 12.0. The number of aromatic amines is 1. The van der Waals surface area contributed by atoms with E-state index in [4.69, 9.17) is 11.6 Å². The van der Waals surface area contributed by atoms with Gasteiger partial charge in [0.25, 0.3) is 5.91 Å². The Morgan fingerprint density at radius 1 is 1.16 bits per heavy atom. The van der Waals surface area contributed by atoms with Crippen molar-refractivity contribution in [2.24, 2.45) is 0 Å². The lowest BCUT2D eigenvalue weighted by Gasteiger charge is -2.31. The minimum Gasteiger partial charge on any atom is -0.349 e. The summed E-state index contributed by atoms with van der Waals surface area (Å²) < 4.78 is 28.3. The molecule has 4 aromatic rings. The van der Waals surface area contributed by atoms with Crippen LogP contribution in [-0.4, -0.2) is 66.7 Å². The number of carbonyl (C=O) groups excluding carboxylic acids is 1. The lowest BCUT2D eigenvalue weighted by atomic mass is 10.2. The summed E-state index contributed by atoms with van der Waals surface area (Å²) in [6.45, 7) is 2.35. The molecule has 1 amide bonds. The number of hydrogen-bond acceptors (Lipinski definition) is 6. The molecule has 0 atom stereocenters. The number of nitrogens with zero attached hydrogens (tertiary/aromatic N) is 3. The summed E-state index contributed by atoms with van der Waals surface area (Å²) in [5.74, 6) is -0.346. The van der Waals surface area contributed by atoms with E-state index in [0.717, 1.165) is 5.39 Å². The summed E-state index contributed by atoms with van der Waals surface area (Å²) in [5.41, 5.74) is 1.69. The molecule has 2 aromatic carbocycles. The summed E-state index contributed by atoms with van der Waals surface area (Å²) in [5, 5.41) is 4.55. The summed E-state index contributed by atoms with van der Waals surface area (Å²) in [6.07, 6.45) is 0. The number of aromatic nitrogens is 2. The Bertz CT molecular complexity index is 1440. The fraction of sp³-hybridized carbons (Fsp3) is 0.238. The Morgan fingerprint density at radius 2 is 1.94 bits per heavy atom. The molecule has 1 fully saturated rings. The van der Waals surface area contributed by atoms with Gasteiger partial charge >= 0.3 is 0 Å². The zero-order valence-electron chi connectivity index (χ0n) is 17.1. The van der Waals surface area contributed by atoms with Gasteiger partial charge in [-0.2, -0.15) is 4.31 Å². The molecule has 0 radical (unpaired) electrons. The maximum absolute atomic E-state index is 13.0. The number of rotatable bonds is 4. The number of para-hydroxylation sites is 1. The molecule has 1 saturated heterocycles. The average Bonchev–Trinajstić information content (AvgIpc) is 3.38. The van der Waals surface area contributed by atoms with Crippen molar-refractivity contribution < 1.29 is 13.2 Å². The molecular formula is C21H20ClN5O3S2. The van der Waals surface area contributed by atoms with Gasteiger partial charge in [-0.15, -0.1) is 0 Å². The van der Waals surface area contributed by atoms with Gasteiger partial charge < -0.3 is 9.88 Å². The maximum atomic E-state index is 13.0. The molecule has 0 saturated carbocycles. The van der Waals surface area contributed by atoms with Gasteiger partial charge in [0.1, 0.15) is 5.69 Å². The number of H-pyrrole nitrogens is 1. The van der Waals surface area contributed by atoms with Gasteiger partial charge in [0.2, 0.25) is 10.0 Å². The quantitative estimate of drug-likeness (QED) is 0.456. The van der Waals surface area contributed by atoms with Gasteiger partial charge in [0, 0.05) is 31.6 Å². The number of hydrogen-bond donors (Lipinski definition) is 2. The van der Waals surface area contributed by atoms with E-state index >= 15 is 0 Å². The van der Waals surface area contributed by atoms with Crippen molar-refractivity contribution in [3.8, 4) is 0 Å². The van der Waals surface area contributed by atoms with Gasteiger partial charge in [-0.05, 0) is 37.4 Å². The number of carbonyl (C=O) groups is 1. The molecule has 1 aliphatic heterocycles. The topological polar surface area (TPSA) is 98.4 Å². The van der Waals surface area contributed by atoms with Crippen molar-refractivity contribution in [3.05, 3.63) is 53.2 Å². The fourth-order valence-corrected chi connectivity index (χ4v) is 6.36. The summed E-state index contributed by atoms with van der Waals surface area (Å²) in [4.78, 5) is 22.5. The van der Waals surface area contributed by atoms with Crippen molar-refractivity contribution in [1.29, 1.82) is 0 Å². The van der Waals surface area contributed by atoms with E-state index in [-0.39, 0.29) is 10.8 Å². The molecule has 3 heterocycles. The largest absolute Gasteiger partial charge is 0.349 e. The van der Waals surface area contributed by atoms with Crippen molar-refractivity contribution in [3.63, 3.8) is 0 Å². The fourth-order valence-electron chi connectivity index (χ4n) is 3.70. The zero-order chi connectivity index (χ0) is 22.5. The second-order valence-electron chi connectivity index (χ2n) is 7.70. The monoisotopic (exact) mass is 489 g/mol. The van der Waals surface area contributed by atoms with E-state index in [9.17, 15) is 13.2 Å². The Hall–Kier alpha value is -2.50. The first-order valence-corrected chi connectivity index (χ1v) is 12.6. The third-order valence-corrected chi connectivity index (χ3v) is 8.67. The van der Waals surface area contributed by atoms with Gasteiger partial charge in [-0.25, -0.2) is 13.4 Å². The molecule has 0 aliphatic carbocycles. The Kier molecular flexibility index (Phi) is 5.42. The van der Waals surface area contributed by atoms with Crippen LogP contribution in [0, 0.1) is 0 Å². The van der Waals surface area contributed by atoms with Crippen molar-refractivity contribution in [2.75, 3.05) is 38.5 Å². The van der Waals surface area contributed by atoms with Crippen LogP contribution >= 0.6 is 22.9 Å². The van der Waals surface area contributed by atoms with E-state index in [1.165, 1.54) is 15.6 Å². The number of benzene rings is 2. The Labute approximate surface area is 193 Å². The highest BCUT2D eigenvalue weighted by Crippen LogP contribution is 2.30. The molecule has 5 rings (SSSR count). The first kappa shape index (κ1) is 21.4. The van der Waals surface area contributed by atoms with Gasteiger partial charge in [-0.1, -0.05) is 35.1 Å². The highest BCUT2D eigenvalue weighted by molar-refractivity contribution is 7.89. The molecule has 2 N–H and O–H groups in total. The normalized spacial score (nSPS) is 16.1. The van der Waals surface area contributed by atoms with Crippen LogP contribution in [0.1, 0.15) is 10.5 Å². The van der Waals surface area contributed by atoms with Crippen molar-refractivity contribution in [1.82, 2.24) is 19.2 Å². The second-order valence-corrected chi connectivity index (χ2v) is 11.1. The van der Waals surface area contributed by atoms with Crippen LogP contribution in [0.4, 0.5) is 5.13 Å². The average molecular weight is 490 g/mol. The van der Waals surface area contributed by atoms with Crippen molar-refractivity contribution >= 4 is 65.1 Å². The van der Waals surface area contributed by atoms with Gasteiger partial charge in [-0.3, -0.25) is 10.1 Å². The highest BCUT2D eigenvalue weighted by Gasteiger charge is 2.28. The lowest BCUT2D eigenvalue weighted by Crippen LogP contribution is -2.46. The molecule has 0 unspecified atom stereocenters. The highest BCUT2D eigenvalue weighted by atomic mass is 35.5. The SMILES string of the molecule is CN1CCN(S(=O)(=O)c2ccc3nc(NC(=O)c4cc5cccc(Cl)c5[nH]4)sc3c2)CC1. The molecule has 0 bridgehead atoms. The minimum absolute atomic E-state index is 0.237. The van der Waals surface area contributed by atoms with E-state index in [0.29, 0.717) is 57.8 Å². The number of thiazole rings is 1. The molecule has 8 nitrogen and oxygen atoms in total. The van der Waals surface area contributed by atoms with Gasteiger partial charge in [0.05, 0.1) is 25.7 Å². The first-order valence-electron chi connectivity index (χ1n) is 9.99. The predicted octanol–water partition coefficient (Wildman–Crippen LogP) is 3.62. The van der Waals surface area contributed by atoms with Crippen LogP contribution in [0.25, 0.3) is 21.1 Å². The number of fused-ring (bicyclic) bond motifs is 2. The smallest absolute Gasteiger partial charge is 0.273 e. The number of piperazine rings is 1. The third kappa shape index (κ3) is 3.89. The number of likely N-dealkylation sites (N-methyl/N-ethyl adjacent to an activating group) is 1. The molecule has 2 aromatic heterocycles. The summed E-state index contributed by atoms with van der Waals surface area (Å²) >= 11 is 7.41. The standard InChI is InChI=1S/C21H20ClN5O3S2/c1-26-7-9-27(10-8-26)32(29,30)14-5-6-16-18(12-14)31-21(24-16)25-20(28)17-11-13-3-2-4-15(22)19(13)23-17/h2-6,11-12,23H,7-10H2,1H3,(H,24,25,28). The van der Waals surface area contributed by atoms with E-state index < -0.39 is 10.0 Å². The third-order valence-electron chi connectivity index (χ3n) is 5.53. The number of halogens is 1. The number of anilines is 1. The van der Waals surface area contributed by atoms with Crippen LogP contribution in [0.3, 0.4) is 0 Å². The maximum Gasteiger partial charge on any atom is 0.273 e. The first-order chi connectivity index (χ1) is 15.3. The number of sulfonamides is 1. The van der Waals surface area contributed by atoms with Crippen LogP contribution in [0.2, 0.25) is 5.02 Å². The zero-order valence-corrected chi connectivity index (χ0v) is 19.5. The van der Waals surface area contributed by atoms with Crippen LogP contribution in [-0.2, 0) is 10.0 Å². The molecule has 11 heteroatoms. The van der Waals surface area contributed by atoms with Gasteiger partial charge in [0.15, 0.2) is 5.13 Å². The van der Waals surface area contributed by atoms with Crippen LogP contribution in [0.5, 0.6) is 0 Å². The van der Waals surface area contributed by atoms with Crippen LogP contribution < -0.4 is 5.32 Å². The minimum atomic E-state index is -3.57. The van der Waals surface area contributed by atoms with E-state index in [1.807, 2.05) is 19.2 Å². The number of amides is 1. The molecule has 1 aliphatic rings. The lowest BCUT2D eigenvalue weighted by molar-refractivity contribution is 0.102. The molecule has 0 spiro atoms. The number of nitrogens with one attached hydrogen (secondary N) is 2.